The molecular weight excluding hydrogens is 466 g/mol. The van der Waals surface area contributed by atoms with E-state index < -0.39 is 0 Å². The highest BCUT2D eigenvalue weighted by molar-refractivity contribution is 6.35. The van der Waals surface area contributed by atoms with Gasteiger partial charge in [0.05, 0.1) is 22.0 Å². The Hall–Kier alpha value is -3.43. The third kappa shape index (κ3) is 4.26. The van der Waals surface area contributed by atoms with E-state index in [2.05, 4.69) is 33.4 Å². The van der Waals surface area contributed by atoms with Crippen LogP contribution in [-0.4, -0.2) is 31.4 Å². The molecule has 0 spiro atoms. The molecule has 1 aromatic carbocycles. The number of aromatic nitrogens is 5. The van der Waals surface area contributed by atoms with Crippen LogP contribution in [0.3, 0.4) is 0 Å². The fraction of sp³-hybridized carbons (Fsp3) is 0.360. The van der Waals surface area contributed by atoms with E-state index >= 15 is 0 Å². The van der Waals surface area contributed by atoms with Crippen LogP contribution in [0.2, 0.25) is 5.02 Å². The number of hydrogen-bond donors (Lipinski definition) is 2. The lowest BCUT2D eigenvalue weighted by Gasteiger charge is -2.24. The molecule has 9 nitrogen and oxygen atoms in total. The van der Waals surface area contributed by atoms with Crippen LogP contribution in [-0.2, 0) is 18.4 Å². The van der Waals surface area contributed by atoms with Gasteiger partial charge in [-0.3, -0.25) is 9.48 Å². The van der Waals surface area contributed by atoms with E-state index in [4.69, 9.17) is 22.1 Å². The summed E-state index contributed by atoms with van der Waals surface area (Å²) in [6.07, 6.45) is 4.32. The minimum absolute atomic E-state index is 0.0535. The zero-order valence-electron chi connectivity index (χ0n) is 20.0. The largest absolute Gasteiger partial charge is 0.398 e. The summed E-state index contributed by atoms with van der Waals surface area (Å²) < 4.78 is 8.80. The topological polar surface area (TPSA) is 113 Å². The molecule has 35 heavy (non-hydrogen) atoms. The second-order valence-electron chi connectivity index (χ2n) is 8.82. The predicted octanol–water partition coefficient (Wildman–Crippen LogP) is 4.47. The van der Waals surface area contributed by atoms with Gasteiger partial charge < -0.3 is 20.4 Å². The molecule has 182 valence electrons. The number of methoxy groups -OCH3 is 1. The van der Waals surface area contributed by atoms with Crippen LogP contribution in [0.4, 0.5) is 11.5 Å². The van der Waals surface area contributed by atoms with Crippen molar-refractivity contribution >= 4 is 33.9 Å². The van der Waals surface area contributed by atoms with E-state index in [1.165, 1.54) is 0 Å². The summed E-state index contributed by atoms with van der Waals surface area (Å²) in [5.74, 6) is 1.71. The lowest BCUT2D eigenvalue weighted by molar-refractivity contribution is 0.174. The lowest BCUT2D eigenvalue weighted by Crippen LogP contribution is -2.27. The van der Waals surface area contributed by atoms with Crippen LogP contribution in [0.1, 0.15) is 49.8 Å². The van der Waals surface area contributed by atoms with E-state index in [1.807, 2.05) is 23.7 Å². The molecule has 5 rings (SSSR count). The van der Waals surface area contributed by atoms with Gasteiger partial charge in [-0.1, -0.05) is 30.7 Å². The number of nitrogens with one attached hydrogen (secondary N) is 1. The highest BCUT2D eigenvalue weighted by Gasteiger charge is 2.31. The average molecular weight is 494 g/mol. The van der Waals surface area contributed by atoms with Crippen LogP contribution in [0, 0.1) is 0 Å². The third-order valence-electron chi connectivity index (χ3n) is 6.38. The molecule has 1 saturated carbocycles. The molecule has 1 aliphatic rings. The number of anilines is 2. The van der Waals surface area contributed by atoms with Gasteiger partial charge in [-0.05, 0) is 42.8 Å². The number of nitrogens with zero attached hydrogens (tertiary/aromatic N) is 5. The third-order valence-corrected chi connectivity index (χ3v) is 6.70. The van der Waals surface area contributed by atoms with Crippen molar-refractivity contribution in [2.45, 2.75) is 44.9 Å². The standard InChI is InChI=1S/C25H28ClN7O2/c1-4-18(19-12-14-6-5-7-16(26)21(14)25(34)33(19)15-8-9-15)29-23-22(17(27)10-11-28-23)24-30-20(13-35-3)32(2)31-24/h5-7,10-12,15,18H,4,8-9,13H2,1-3H3,(H3,27,28,29)/t18-/m0/s1. The second-order valence-corrected chi connectivity index (χ2v) is 9.22. The Morgan fingerprint density at radius 2 is 2.11 bits per heavy atom. The summed E-state index contributed by atoms with van der Waals surface area (Å²) in [7, 11) is 3.43. The number of fused-ring (bicyclic) bond motifs is 1. The van der Waals surface area contributed by atoms with Gasteiger partial charge in [0.25, 0.3) is 5.56 Å². The van der Waals surface area contributed by atoms with E-state index in [9.17, 15) is 4.79 Å². The monoisotopic (exact) mass is 493 g/mol. The maximum Gasteiger partial charge on any atom is 0.260 e. The first-order chi connectivity index (χ1) is 16.9. The fourth-order valence-corrected chi connectivity index (χ4v) is 4.74. The van der Waals surface area contributed by atoms with Crippen molar-refractivity contribution in [3.8, 4) is 11.4 Å². The SMILES string of the molecule is CC[C@H](Nc1nccc(N)c1-c1nc(COC)n(C)n1)c1cc2cccc(Cl)c2c(=O)n1C1CC1. The highest BCUT2D eigenvalue weighted by atomic mass is 35.5. The molecule has 1 fully saturated rings. The van der Waals surface area contributed by atoms with Gasteiger partial charge in [0.2, 0.25) is 0 Å². The van der Waals surface area contributed by atoms with Gasteiger partial charge in [-0.25, -0.2) is 9.97 Å². The van der Waals surface area contributed by atoms with Crippen molar-refractivity contribution in [3.63, 3.8) is 0 Å². The van der Waals surface area contributed by atoms with Crippen molar-refractivity contribution in [2.75, 3.05) is 18.2 Å². The molecule has 0 radical (unpaired) electrons. The Morgan fingerprint density at radius 3 is 2.83 bits per heavy atom. The van der Waals surface area contributed by atoms with E-state index in [-0.39, 0.29) is 17.6 Å². The maximum absolute atomic E-state index is 13.5. The Kier molecular flexibility index (Phi) is 6.21. The molecule has 0 saturated heterocycles. The molecule has 0 aliphatic heterocycles. The summed E-state index contributed by atoms with van der Waals surface area (Å²) in [6, 6.07) is 9.33. The number of halogens is 1. The summed E-state index contributed by atoms with van der Waals surface area (Å²) >= 11 is 6.42. The van der Waals surface area contributed by atoms with Crippen molar-refractivity contribution in [3.05, 3.63) is 63.4 Å². The summed E-state index contributed by atoms with van der Waals surface area (Å²) in [5, 5.41) is 9.94. The molecule has 10 heteroatoms. The van der Waals surface area contributed by atoms with Crippen LogP contribution >= 0.6 is 11.6 Å². The number of hydrogen-bond acceptors (Lipinski definition) is 7. The molecule has 3 aromatic heterocycles. The first kappa shape index (κ1) is 23.3. The number of benzene rings is 1. The van der Waals surface area contributed by atoms with Gasteiger partial charge in [-0.2, -0.15) is 5.10 Å². The maximum atomic E-state index is 13.5. The van der Waals surface area contributed by atoms with E-state index in [1.54, 1.807) is 30.1 Å². The molecule has 3 N–H and O–H groups in total. The van der Waals surface area contributed by atoms with Crippen molar-refractivity contribution < 1.29 is 4.74 Å². The van der Waals surface area contributed by atoms with Gasteiger partial charge in [0, 0.05) is 37.8 Å². The molecule has 1 atom stereocenters. The molecule has 4 aromatic rings. The van der Waals surface area contributed by atoms with Crippen LogP contribution in [0.15, 0.2) is 41.3 Å². The Balaban J connectivity index is 1.61. The molecule has 0 unspecified atom stereocenters. The smallest absolute Gasteiger partial charge is 0.260 e. The molecule has 0 bridgehead atoms. The zero-order valence-corrected chi connectivity index (χ0v) is 20.7. The van der Waals surface area contributed by atoms with E-state index in [0.29, 0.717) is 45.7 Å². The average Bonchev–Trinajstić information content (AvgIpc) is 3.60. The minimum Gasteiger partial charge on any atom is -0.398 e. The number of nitrogen functional groups attached to an aromatic ring is 1. The van der Waals surface area contributed by atoms with Gasteiger partial charge in [0.1, 0.15) is 12.4 Å². The molecular formula is C25H28ClN7O2. The normalized spacial score (nSPS) is 14.4. The number of rotatable bonds is 8. The number of nitrogens with two attached hydrogens (primary N) is 1. The lowest BCUT2D eigenvalue weighted by atomic mass is 10.0. The van der Waals surface area contributed by atoms with Crippen LogP contribution < -0.4 is 16.6 Å². The van der Waals surface area contributed by atoms with Gasteiger partial charge in [0.15, 0.2) is 11.6 Å². The summed E-state index contributed by atoms with van der Waals surface area (Å²) in [6.45, 7) is 2.40. The summed E-state index contributed by atoms with van der Waals surface area (Å²) in [5.41, 5.74) is 8.35. The van der Waals surface area contributed by atoms with Crippen molar-refractivity contribution in [1.82, 2.24) is 24.3 Å². The number of aryl methyl sites for hydroxylation is 1. The van der Waals surface area contributed by atoms with Crippen molar-refractivity contribution in [1.29, 1.82) is 0 Å². The van der Waals surface area contributed by atoms with Crippen LogP contribution in [0.5, 0.6) is 0 Å². The predicted molar refractivity (Wildman–Crippen MR) is 138 cm³/mol. The fourth-order valence-electron chi connectivity index (χ4n) is 4.48. The Labute approximate surface area is 207 Å². The quantitative estimate of drug-likeness (QED) is 0.372. The highest BCUT2D eigenvalue weighted by Crippen LogP contribution is 2.39. The van der Waals surface area contributed by atoms with Gasteiger partial charge >= 0.3 is 0 Å². The molecule has 1 aliphatic carbocycles. The molecule has 0 amide bonds. The minimum atomic E-state index is -0.193. The first-order valence-corrected chi connectivity index (χ1v) is 12.0. The van der Waals surface area contributed by atoms with Gasteiger partial charge in [-0.15, -0.1) is 0 Å². The zero-order chi connectivity index (χ0) is 24.7. The number of pyridine rings is 2. The van der Waals surface area contributed by atoms with Crippen LogP contribution in [0.25, 0.3) is 22.2 Å². The summed E-state index contributed by atoms with van der Waals surface area (Å²) in [4.78, 5) is 22.7. The number of ether oxygens (including phenoxy) is 1. The second kappa shape index (κ2) is 9.31. The molecule has 3 heterocycles. The van der Waals surface area contributed by atoms with Crippen molar-refractivity contribution in [2.24, 2.45) is 7.05 Å². The Morgan fingerprint density at radius 1 is 1.31 bits per heavy atom. The van der Waals surface area contributed by atoms with E-state index in [0.717, 1.165) is 30.3 Å². The first-order valence-electron chi connectivity index (χ1n) is 11.7. The Bertz CT molecular complexity index is 1460.